The Kier molecular flexibility index (Phi) is 5.15. The van der Waals surface area contributed by atoms with Gasteiger partial charge in [-0.15, -0.1) is 22.7 Å². The van der Waals surface area contributed by atoms with Gasteiger partial charge in [0.1, 0.15) is 9.22 Å². The lowest BCUT2D eigenvalue weighted by atomic mass is 10.2. The second kappa shape index (κ2) is 7.14. The van der Waals surface area contributed by atoms with E-state index in [1.54, 1.807) is 17.4 Å². The second-order valence-corrected chi connectivity index (χ2v) is 9.46. The van der Waals surface area contributed by atoms with Gasteiger partial charge in [-0.2, -0.15) is 0 Å². The van der Waals surface area contributed by atoms with Gasteiger partial charge in [-0.3, -0.25) is 0 Å². The highest BCUT2D eigenvalue weighted by molar-refractivity contribution is 7.91. The van der Waals surface area contributed by atoms with Crippen LogP contribution in [0.3, 0.4) is 0 Å². The first-order valence-electron chi connectivity index (χ1n) is 7.53. The maximum atomic E-state index is 12.4. The number of nitrogens with one attached hydrogen (secondary N) is 1. The Bertz CT molecular complexity index is 912. The molecule has 3 aromatic rings. The van der Waals surface area contributed by atoms with E-state index < -0.39 is 10.0 Å². The summed E-state index contributed by atoms with van der Waals surface area (Å²) in [7, 11) is -3.51. The summed E-state index contributed by atoms with van der Waals surface area (Å²) in [5, 5.41) is 4.74. The highest BCUT2D eigenvalue weighted by atomic mass is 32.2. The molecule has 0 saturated heterocycles. The molecule has 7 heteroatoms. The van der Waals surface area contributed by atoms with Crippen molar-refractivity contribution in [3.63, 3.8) is 0 Å². The summed E-state index contributed by atoms with van der Waals surface area (Å²) in [6.45, 7) is 4.47. The molecule has 4 nitrogen and oxygen atoms in total. The fourth-order valence-corrected chi connectivity index (χ4v) is 5.37. The first kappa shape index (κ1) is 17.3. The standard InChI is InChI=1S/C17H18N2O2S3/c1-12(2)15-11-23-17(19-15)14-8-16(22-10-14)24(20,21)18-9-13-6-4-3-5-7-13/h3-8,10-12,18H,9H2,1-2H3. The van der Waals surface area contributed by atoms with Gasteiger partial charge in [-0.05, 0) is 17.5 Å². The van der Waals surface area contributed by atoms with Gasteiger partial charge in [0.25, 0.3) is 0 Å². The zero-order chi connectivity index (χ0) is 17.2. The zero-order valence-electron chi connectivity index (χ0n) is 13.4. The molecule has 126 valence electrons. The van der Waals surface area contributed by atoms with Crippen molar-refractivity contribution in [3.8, 4) is 10.6 Å². The molecule has 0 atom stereocenters. The van der Waals surface area contributed by atoms with Crippen LogP contribution >= 0.6 is 22.7 Å². The van der Waals surface area contributed by atoms with Gasteiger partial charge in [0.05, 0.1) is 5.69 Å². The molecule has 0 spiro atoms. The number of nitrogens with zero attached hydrogens (tertiary/aromatic N) is 1. The smallest absolute Gasteiger partial charge is 0.241 e. The second-order valence-electron chi connectivity index (χ2n) is 5.70. The van der Waals surface area contributed by atoms with Crippen molar-refractivity contribution in [2.45, 2.75) is 30.5 Å². The Balaban J connectivity index is 1.76. The van der Waals surface area contributed by atoms with E-state index in [0.29, 0.717) is 10.1 Å². The third-order valence-electron chi connectivity index (χ3n) is 3.51. The minimum Gasteiger partial charge on any atom is -0.241 e. The Morgan fingerprint density at radius 3 is 2.54 bits per heavy atom. The van der Waals surface area contributed by atoms with Crippen LogP contribution < -0.4 is 4.72 Å². The van der Waals surface area contributed by atoms with Gasteiger partial charge in [0.2, 0.25) is 10.0 Å². The molecule has 24 heavy (non-hydrogen) atoms. The Morgan fingerprint density at radius 2 is 1.88 bits per heavy atom. The molecule has 0 unspecified atom stereocenters. The van der Waals surface area contributed by atoms with E-state index in [-0.39, 0.29) is 6.54 Å². The number of thiazole rings is 1. The van der Waals surface area contributed by atoms with Crippen LogP contribution in [0.5, 0.6) is 0 Å². The summed E-state index contributed by atoms with van der Waals surface area (Å²) in [6.07, 6.45) is 0. The number of sulfonamides is 1. The largest absolute Gasteiger partial charge is 0.250 e. The SMILES string of the molecule is CC(C)c1csc(-c2csc(S(=O)(=O)NCc3ccccc3)c2)n1. The highest BCUT2D eigenvalue weighted by Crippen LogP contribution is 2.32. The Morgan fingerprint density at radius 1 is 1.12 bits per heavy atom. The highest BCUT2D eigenvalue weighted by Gasteiger charge is 2.18. The fourth-order valence-electron chi connectivity index (χ4n) is 2.10. The first-order chi connectivity index (χ1) is 11.5. The molecule has 0 saturated carbocycles. The predicted molar refractivity (Wildman–Crippen MR) is 100.0 cm³/mol. The summed E-state index contributed by atoms with van der Waals surface area (Å²) >= 11 is 2.77. The average molecular weight is 379 g/mol. The van der Waals surface area contributed by atoms with Crippen LogP contribution in [0.4, 0.5) is 0 Å². The quantitative estimate of drug-likeness (QED) is 0.688. The van der Waals surface area contributed by atoms with Crippen molar-refractivity contribution in [1.82, 2.24) is 9.71 Å². The summed E-state index contributed by atoms with van der Waals surface area (Å²) in [5.74, 6) is 0.365. The predicted octanol–water partition coefficient (Wildman–Crippen LogP) is 4.47. The van der Waals surface area contributed by atoms with Crippen LogP contribution in [-0.4, -0.2) is 13.4 Å². The van der Waals surface area contributed by atoms with E-state index in [4.69, 9.17) is 0 Å². The van der Waals surface area contributed by atoms with E-state index in [1.807, 2.05) is 41.1 Å². The van der Waals surface area contributed by atoms with Crippen molar-refractivity contribution >= 4 is 32.7 Å². The number of hydrogen-bond donors (Lipinski definition) is 1. The lowest BCUT2D eigenvalue weighted by molar-refractivity contribution is 0.583. The van der Waals surface area contributed by atoms with Crippen molar-refractivity contribution in [3.05, 3.63) is 58.4 Å². The Hall–Kier alpha value is -1.54. The normalized spacial score (nSPS) is 12.0. The first-order valence-corrected chi connectivity index (χ1v) is 10.8. The zero-order valence-corrected chi connectivity index (χ0v) is 15.8. The summed E-state index contributed by atoms with van der Waals surface area (Å²) in [6, 6.07) is 11.2. The Labute approximate surface area is 150 Å². The maximum absolute atomic E-state index is 12.4. The van der Waals surface area contributed by atoms with Crippen molar-refractivity contribution < 1.29 is 8.42 Å². The molecule has 0 fully saturated rings. The van der Waals surface area contributed by atoms with Crippen LogP contribution in [0, 0.1) is 0 Å². The van der Waals surface area contributed by atoms with Gasteiger partial charge < -0.3 is 0 Å². The van der Waals surface area contributed by atoms with Gasteiger partial charge in [-0.1, -0.05) is 44.2 Å². The number of hydrogen-bond acceptors (Lipinski definition) is 5. The van der Waals surface area contributed by atoms with Crippen LogP contribution in [-0.2, 0) is 16.6 Å². The molecular weight excluding hydrogens is 360 g/mol. The molecule has 0 aliphatic rings. The van der Waals surface area contributed by atoms with Gasteiger partial charge in [0, 0.05) is 22.9 Å². The van der Waals surface area contributed by atoms with Crippen molar-refractivity contribution in [2.24, 2.45) is 0 Å². The van der Waals surface area contributed by atoms with Gasteiger partial charge in [-0.25, -0.2) is 18.1 Å². The van der Waals surface area contributed by atoms with Crippen molar-refractivity contribution in [2.75, 3.05) is 0 Å². The van der Waals surface area contributed by atoms with E-state index >= 15 is 0 Å². The average Bonchev–Trinajstić information content (AvgIpc) is 3.23. The molecule has 2 heterocycles. The van der Waals surface area contributed by atoms with E-state index in [1.165, 1.54) is 11.3 Å². The molecule has 0 bridgehead atoms. The topological polar surface area (TPSA) is 59.1 Å². The molecule has 0 radical (unpaired) electrons. The van der Waals surface area contributed by atoms with Gasteiger partial charge in [0.15, 0.2) is 0 Å². The number of benzene rings is 1. The third-order valence-corrected chi connectivity index (χ3v) is 7.26. The monoisotopic (exact) mass is 378 g/mol. The molecule has 2 aromatic heterocycles. The molecule has 0 aliphatic carbocycles. The molecule has 3 rings (SSSR count). The summed E-state index contributed by atoms with van der Waals surface area (Å²) in [4.78, 5) is 4.58. The molecule has 0 aliphatic heterocycles. The maximum Gasteiger partial charge on any atom is 0.250 e. The molecular formula is C17H18N2O2S3. The van der Waals surface area contributed by atoms with Crippen LogP contribution in [0.2, 0.25) is 0 Å². The molecule has 0 amide bonds. The minimum absolute atomic E-state index is 0.283. The van der Waals surface area contributed by atoms with Gasteiger partial charge >= 0.3 is 0 Å². The van der Waals surface area contributed by atoms with E-state index in [9.17, 15) is 8.42 Å². The number of rotatable bonds is 6. The lowest BCUT2D eigenvalue weighted by Gasteiger charge is -2.04. The lowest BCUT2D eigenvalue weighted by Crippen LogP contribution is -2.22. The van der Waals surface area contributed by atoms with Crippen LogP contribution in [0.25, 0.3) is 10.6 Å². The number of thiophene rings is 1. The van der Waals surface area contributed by atoms with Crippen molar-refractivity contribution in [1.29, 1.82) is 0 Å². The third kappa shape index (κ3) is 3.92. The number of aromatic nitrogens is 1. The summed E-state index contributed by atoms with van der Waals surface area (Å²) < 4.78 is 27.9. The minimum atomic E-state index is -3.51. The van der Waals surface area contributed by atoms with E-state index in [2.05, 4.69) is 23.6 Å². The fraction of sp³-hybridized carbons (Fsp3) is 0.235. The van der Waals surface area contributed by atoms with Crippen LogP contribution in [0.1, 0.15) is 31.0 Å². The van der Waals surface area contributed by atoms with E-state index in [0.717, 1.165) is 21.8 Å². The van der Waals surface area contributed by atoms with Crippen LogP contribution in [0.15, 0.2) is 51.4 Å². The summed E-state index contributed by atoms with van der Waals surface area (Å²) in [5.41, 5.74) is 2.82. The molecule has 1 aromatic carbocycles. The molecule has 1 N–H and O–H groups in total.